The Labute approximate surface area is 120 Å². The molecular weight excluding hydrogens is 276 g/mol. The van der Waals surface area contributed by atoms with Gasteiger partial charge in [0.25, 0.3) is 0 Å². The van der Waals surface area contributed by atoms with Crippen molar-refractivity contribution in [1.29, 1.82) is 0 Å². The fourth-order valence-electron chi connectivity index (χ4n) is 2.52. The van der Waals surface area contributed by atoms with Gasteiger partial charge >= 0.3 is 5.97 Å². The number of aromatic nitrogens is 2. The number of piperidine rings is 1. The van der Waals surface area contributed by atoms with Crippen LogP contribution in [-0.4, -0.2) is 39.1 Å². The van der Waals surface area contributed by atoms with Gasteiger partial charge in [0, 0.05) is 13.1 Å². The number of thiophene rings is 1. The summed E-state index contributed by atoms with van der Waals surface area (Å²) >= 11 is 1.20. The Kier molecular flexibility index (Phi) is 3.54. The molecule has 20 heavy (non-hydrogen) atoms. The van der Waals surface area contributed by atoms with Crippen molar-refractivity contribution in [2.24, 2.45) is 0 Å². The van der Waals surface area contributed by atoms with E-state index in [1.807, 2.05) is 6.92 Å². The topological polar surface area (TPSA) is 78.3 Å². The number of aryl methyl sites for hydroxylation is 1. The van der Waals surface area contributed by atoms with Crippen molar-refractivity contribution in [3.05, 3.63) is 16.8 Å². The minimum absolute atomic E-state index is 0.335. The summed E-state index contributed by atoms with van der Waals surface area (Å²) in [6.45, 7) is 3.79. The zero-order valence-corrected chi connectivity index (χ0v) is 12.0. The molecule has 7 heteroatoms. The predicted octanol–water partition coefficient (Wildman–Crippen LogP) is 2.51. The number of rotatable bonds is 3. The van der Waals surface area contributed by atoms with Crippen molar-refractivity contribution in [3.63, 3.8) is 0 Å². The lowest BCUT2D eigenvalue weighted by Crippen LogP contribution is -2.35. The number of aromatic carboxylic acids is 1. The van der Waals surface area contributed by atoms with E-state index in [-0.39, 0.29) is 0 Å². The maximum atomic E-state index is 11.2. The van der Waals surface area contributed by atoms with Gasteiger partial charge in [0.2, 0.25) is 0 Å². The van der Waals surface area contributed by atoms with Gasteiger partial charge in [-0.1, -0.05) is 6.42 Å². The quantitative estimate of drug-likeness (QED) is 0.905. The van der Waals surface area contributed by atoms with E-state index < -0.39 is 5.97 Å². The molecule has 0 atom stereocenters. The first-order valence-electron chi connectivity index (χ1n) is 6.66. The van der Waals surface area contributed by atoms with Crippen molar-refractivity contribution in [2.45, 2.75) is 26.2 Å². The maximum absolute atomic E-state index is 11.2. The number of nitrogens with zero attached hydrogens (tertiary/aromatic N) is 3. The van der Waals surface area contributed by atoms with Gasteiger partial charge < -0.3 is 10.5 Å². The van der Waals surface area contributed by atoms with E-state index in [1.54, 1.807) is 0 Å². The monoisotopic (exact) mass is 292 g/mol. The van der Waals surface area contributed by atoms with Gasteiger partial charge in [0.15, 0.2) is 5.82 Å². The molecule has 1 aliphatic rings. The molecular formula is C13H16N4O2S. The van der Waals surface area contributed by atoms with Crippen molar-refractivity contribution < 1.29 is 9.90 Å². The highest BCUT2D eigenvalue weighted by Gasteiger charge is 2.20. The maximum Gasteiger partial charge on any atom is 0.346 e. The number of nitrogens with one attached hydrogen (secondary N) is 1. The highest BCUT2D eigenvalue weighted by Crippen LogP contribution is 2.33. The smallest absolute Gasteiger partial charge is 0.346 e. The molecule has 2 N–H and O–H groups in total. The molecule has 0 aliphatic carbocycles. The highest BCUT2D eigenvalue weighted by molar-refractivity contribution is 7.20. The molecule has 0 spiro atoms. The average molecular weight is 292 g/mol. The summed E-state index contributed by atoms with van der Waals surface area (Å²) in [4.78, 5) is 20.7. The van der Waals surface area contributed by atoms with Gasteiger partial charge in [-0.2, -0.15) is 0 Å². The number of hydrogen-bond donors (Lipinski definition) is 2. The normalized spacial score (nSPS) is 16.4. The van der Waals surface area contributed by atoms with Crippen LogP contribution in [0, 0.1) is 6.92 Å². The van der Waals surface area contributed by atoms with Gasteiger partial charge in [0.1, 0.15) is 16.0 Å². The van der Waals surface area contributed by atoms with Crippen LogP contribution in [0.3, 0.4) is 0 Å². The molecule has 2 aromatic rings. The molecule has 0 radical (unpaired) electrons. The Bertz CT molecular complexity index is 649. The SMILES string of the molecule is Cc1c(C(=O)O)sc2ncnc(NN3CCCCC3)c12. The number of carbonyl (C=O) groups is 1. The summed E-state index contributed by atoms with van der Waals surface area (Å²) in [5.74, 6) is -0.201. The molecule has 3 heterocycles. The van der Waals surface area contributed by atoms with Crippen LogP contribution >= 0.6 is 11.3 Å². The predicted molar refractivity (Wildman–Crippen MR) is 78.2 cm³/mol. The molecule has 0 aromatic carbocycles. The standard InChI is InChI=1S/C13H16N4O2S/c1-8-9-11(16-17-5-3-2-4-6-17)14-7-15-12(9)20-10(8)13(18)19/h7H,2-6H2,1H3,(H,18,19)(H,14,15,16). The van der Waals surface area contributed by atoms with Crippen LogP contribution in [0.25, 0.3) is 10.2 Å². The molecule has 1 aliphatic heterocycles. The largest absolute Gasteiger partial charge is 0.477 e. The zero-order valence-electron chi connectivity index (χ0n) is 11.2. The minimum Gasteiger partial charge on any atom is -0.477 e. The third-order valence-corrected chi connectivity index (χ3v) is 4.73. The lowest BCUT2D eigenvalue weighted by molar-refractivity contribution is 0.0701. The van der Waals surface area contributed by atoms with E-state index in [9.17, 15) is 9.90 Å². The van der Waals surface area contributed by atoms with E-state index in [0.29, 0.717) is 10.7 Å². The minimum atomic E-state index is -0.908. The number of carboxylic acids is 1. The Balaban J connectivity index is 1.99. The number of carboxylic acid groups (broad SMARTS) is 1. The van der Waals surface area contributed by atoms with E-state index in [4.69, 9.17) is 0 Å². The number of anilines is 1. The Morgan fingerprint density at radius 1 is 1.35 bits per heavy atom. The van der Waals surface area contributed by atoms with Crippen molar-refractivity contribution >= 4 is 33.3 Å². The second-order valence-electron chi connectivity index (χ2n) is 4.92. The number of hydrazine groups is 1. The van der Waals surface area contributed by atoms with Crippen LogP contribution in [0.5, 0.6) is 0 Å². The molecule has 0 bridgehead atoms. The molecule has 106 valence electrons. The summed E-state index contributed by atoms with van der Waals surface area (Å²) < 4.78 is 0. The molecule has 2 aromatic heterocycles. The van der Waals surface area contributed by atoms with Gasteiger partial charge in [-0.3, -0.25) is 0 Å². The van der Waals surface area contributed by atoms with Gasteiger partial charge in [-0.25, -0.2) is 19.8 Å². The highest BCUT2D eigenvalue weighted by atomic mass is 32.1. The van der Waals surface area contributed by atoms with Crippen LogP contribution in [-0.2, 0) is 0 Å². The molecule has 3 rings (SSSR count). The number of fused-ring (bicyclic) bond motifs is 1. The summed E-state index contributed by atoms with van der Waals surface area (Å²) in [7, 11) is 0. The summed E-state index contributed by atoms with van der Waals surface area (Å²) in [6.07, 6.45) is 5.09. The van der Waals surface area contributed by atoms with Crippen LogP contribution in [0.4, 0.5) is 5.82 Å². The average Bonchev–Trinajstić information content (AvgIpc) is 2.79. The Morgan fingerprint density at radius 3 is 2.80 bits per heavy atom. The van der Waals surface area contributed by atoms with Crippen molar-refractivity contribution in [2.75, 3.05) is 18.5 Å². The Hall–Kier alpha value is -1.73. The van der Waals surface area contributed by atoms with Crippen molar-refractivity contribution in [1.82, 2.24) is 15.0 Å². The molecule has 0 saturated carbocycles. The van der Waals surface area contributed by atoms with Crippen molar-refractivity contribution in [3.8, 4) is 0 Å². The summed E-state index contributed by atoms with van der Waals surface area (Å²) in [5, 5.41) is 12.2. The second kappa shape index (κ2) is 5.34. The van der Waals surface area contributed by atoms with Crippen LogP contribution in [0.1, 0.15) is 34.5 Å². The third-order valence-electron chi connectivity index (χ3n) is 3.54. The second-order valence-corrected chi connectivity index (χ2v) is 5.92. The molecule has 0 amide bonds. The zero-order chi connectivity index (χ0) is 14.1. The molecule has 1 saturated heterocycles. The molecule has 1 fully saturated rings. The summed E-state index contributed by atoms with van der Waals surface area (Å²) in [6, 6.07) is 0. The number of hydrogen-bond acceptors (Lipinski definition) is 6. The molecule has 6 nitrogen and oxygen atoms in total. The van der Waals surface area contributed by atoms with E-state index in [0.717, 1.165) is 28.9 Å². The molecule has 0 unspecified atom stereocenters. The van der Waals surface area contributed by atoms with E-state index >= 15 is 0 Å². The first kappa shape index (κ1) is 13.3. The lowest BCUT2D eigenvalue weighted by atomic mass is 10.2. The van der Waals surface area contributed by atoms with Crippen LogP contribution in [0.2, 0.25) is 0 Å². The van der Waals surface area contributed by atoms with Gasteiger partial charge in [0.05, 0.1) is 5.39 Å². The van der Waals surface area contributed by atoms with E-state index in [2.05, 4.69) is 20.4 Å². The van der Waals surface area contributed by atoms with E-state index in [1.165, 1.54) is 36.9 Å². The fourth-order valence-corrected chi connectivity index (χ4v) is 3.50. The van der Waals surface area contributed by atoms with Gasteiger partial charge in [-0.15, -0.1) is 11.3 Å². The summed E-state index contributed by atoms with van der Waals surface area (Å²) in [5.41, 5.74) is 4.05. The van der Waals surface area contributed by atoms with Crippen LogP contribution < -0.4 is 5.43 Å². The van der Waals surface area contributed by atoms with Gasteiger partial charge in [-0.05, 0) is 25.3 Å². The first-order chi connectivity index (χ1) is 9.66. The van der Waals surface area contributed by atoms with Crippen LogP contribution in [0.15, 0.2) is 6.33 Å². The first-order valence-corrected chi connectivity index (χ1v) is 7.47. The Morgan fingerprint density at radius 2 is 2.10 bits per heavy atom. The third kappa shape index (κ3) is 2.34. The fraction of sp³-hybridized carbons (Fsp3) is 0.462. The lowest BCUT2D eigenvalue weighted by Gasteiger charge is -2.27.